The normalized spacial score (nSPS) is 11.5. The molecular weight excluding hydrogens is 414 g/mol. The Morgan fingerprint density at radius 3 is 2.48 bits per heavy atom. The van der Waals surface area contributed by atoms with E-state index in [1.54, 1.807) is 20.3 Å². The van der Waals surface area contributed by atoms with E-state index < -0.39 is 6.04 Å². The van der Waals surface area contributed by atoms with Crippen molar-refractivity contribution in [2.24, 2.45) is 5.73 Å². The van der Waals surface area contributed by atoms with Gasteiger partial charge in [-0.15, -0.1) is 0 Å². The van der Waals surface area contributed by atoms with E-state index in [1.165, 1.54) is 0 Å². The van der Waals surface area contributed by atoms with Crippen LogP contribution in [0.1, 0.15) is 25.5 Å². The number of benzene rings is 2. The molecule has 2 aromatic carbocycles. The second-order valence-corrected chi connectivity index (χ2v) is 7.07. The summed E-state index contributed by atoms with van der Waals surface area (Å²) < 4.78 is 16.6. The summed E-state index contributed by atoms with van der Waals surface area (Å²) in [5, 5.41) is 3.94. The molecule has 1 atom stereocenters. The zero-order chi connectivity index (χ0) is 21.5. The summed E-state index contributed by atoms with van der Waals surface area (Å²) in [6, 6.07) is 13.0. The van der Waals surface area contributed by atoms with E-state index in [9.17, 15) is 4.79 Å². The standard InChI is InChI=1S/C23H29N3O4.H2S/c1-4-19(24)23(27)25-11-5-6-16-12-15-13-17(7-9-20(15)26-16)30-18-8-10-21(28-2)22(14-18)29-3;/h7-10,12-14,19,26H,4-6,11,24H2,1-3H3,(H,25,27);1H2/t19-;/m0./s1. The van der Waals surface area contributed by atoms with Crippen molar-refractivity contribution in [2.75, 3.05) is 20.8 Å². The number of rotatable bonds is 10. The lowest BCUT2D eigenvalue weighted by Gasteiger charge is -2.10. The number of nitrogens with one attached hydrogen (secondary N) is 2. The van der Waals surface area contributed by atoms with Gasteiger partial charge >= 0.3 is 0 Å². The maximum atomic E-state index is 11.7. The van der Waals surface area contributed by atoms with E-state index in [0.717, 1.165) is 35.2 Å². The molecule has 0 unspecified atom stereocenters. The van der Waals surface area contributed by atoms with Crippen molar-refractivity contribution in [2.45, 2.75) is 32.2 Å². The first-order valence-corrected chi connectivity index (χ1v) is 10.1. The number of aryl methyl sites for hydroxylation is 1. The Labute approximate surface area is 189 Å². The zero-order valence-electron chi connectivity index (χ0n) is 18.2. The van der Waals surface area contributed by atoms with E-state index in [-0.39, 0.29) is 19.4 Å². The first kappa shape index (κ1) is 24.4. The largest absolute Gasteiger partial charge is 0.493 e. The number of hydrogen-bond acceptors (Lipinski definition) is 5. The molecule has 1 heterocycles. The van der Waals surface area contributed by atoms with Gasteiger partial charge < -0.3 is 30.2 Å². The van der Waals surface area contributed by atoms with Crippen LogP contribution < -0.4 is 25.3 Å². The van der Waals surface area contributed by atoms with Gasteiger partial charge in [-0.25, -0.2) is 0 Å². The minimum atomic E-state index is -0.429. The third-order valence-electron chi connectivity index (χ3n) is 4.94. The van der Waals surface area contributed by atoms with Crippen LogP contribution in [0.15, 0.2) is 42.5 Å². The predicted octanol–water partition coefficient (Wildman–Crippen LogP) is 3.88. The first-order chi connectivity index (χ1) is 14.5. The third-order valence-corrected chi connectivity index (χ3v) is 4.94. The van der Waals surface area contributed by atoms with E-state index in [0.29, 0.717) is 30.2 Å². The molecule has 0 bridgehead atoms. The smallest absolute Gasteiger partial charge is 0.236 e. The fourth-order valence-corrected chi connectivity index (χ4v) is 3.19. The number of aromatic amines is 1. The van der Waals surface area contributed by atoms with Crippen molar-refractivity contribution >= 4 is 30.3 Å². The average molecular weight is 446 g/mol. The first-order valence-electron chi connectivity index (χ1n) is 10.1. The van der Waals surface area contributed by atoms with Gasteiger partial charge in [-0.05, 0) is 55.7 Å². The molecule has 3 rings (SSSR count). The molecule has 0 spiro atoms. The summed E-state index contributed by atoms with van der Waals surface area (Å²) in [5.74, 6) is 2.59. The van der Waals surface area contributed by atoms with Gasteiger partial charge in [0.15, 0.2) is 11.5 Å². The molecule has 1 aromatic heterocycles. The molecular formula is C23H31N3O4S. The number of hydrogen-bond donors (Lipinski definition) is 3. The van der Waals surface area contributed by atoms with Crippen LogP contribution in [0.5, 0.6) is 23.0 Å². The van der Waals surface area contributed by atoms with Crippen LogP contribution in [-0.4, -0.2) is 37.7 Å². The fraction of sp³-hybridized carbons (Fsp3) is 0.348. The van der Waals surface area contributed by atoms with Gasteiger partial charge in [-0.3, -0.25) is 4.79 Å². The number of fused-ring (bicyclic) bond motifs is 1. The van der Waals surface area contributed by atoms with Crippen molar-refractivity contribution in [3.63, 3.8) is 0 Å². The highest BCUT2D eigenvalue weighted by Crippen LogP contribution is 2.34. The number of ether oxygens (including phenoxy) is 3. The van der Waals surface area contributed by atoms with Gasteiger partial charge in [0.25, 0.3) is 0 Å². The van der Waals surface area contributed by atoms with Crippen LogP contribution in [0.2, 0.25) is 0 Å². The Hall–Kier alpha value is -2.84. The van der Waals surface area contributed by atoms with Crippen molar-refractivity contribution in [3.8, 4) is 23.0 Å². The minimum Gasteiger partial charge on any atom is -0.493 e. The topological polar surface area (TPSA) is 98.6 Å². The second-order valence-electron chi connectivity index (χ2n) is 7.07. The van der Waals surface area contributed by atoms with Crippen LogP contribution >= 0.6 is 13.5 Å². The molecule has 31 heavy (non-hydrogen) atoms. The molecule has 0 aliphatic heterocycles. The van der Waals surface area contributed by atoms with Gasteiger partial charge in [0.05, 0.1) is 20.3 Å². The summed E-state index contributed by atoms with van der Waals surface area (Å²) in [7, 11) is 3.20. The monoisotopic (exact) mass is 445 g/mol. The van der Waals surface area contributed by atoms with Gasteiger partial charge in [0.1, 0.15) is 11.5 Å². The predicted molar refractivity (Wildman–Crippen MR) is 128 cm³/mol. The van der Waals surface area contributed by atoms with Crippen molar-refractivity contribution in [1.29, 1.82) is 0 Å². The maximum absolute atomic E-state index is 11.7. The molecule has 0 aliphatic carbocycles. The number of amides is 1. The lowest BCUT2D eigenvalue weighted by atomic mass is 10.2. The summed E-state index contributed by atoms with van der Waals surface area (Å²) in [6.45, 7) is 2.51. The van der Waals surface area contributed by atoms with E-state index in [4.69, 9.17) is 19.9 Å². The second kappa shape index (κ2) is 11.5. The lowest BCUT2D eigenvalue weighted by molar-refractivity contribution is -0.122. The van der Waals surface area contributed by atoms with Gasteiger partial charge in [0.2, 0.25) is 5.91 Å². The molecule has 0 fully saturated rings. The Morgan fingerprint density at radius 2 is 1.77 bits per heavy atom. The highest BCUT2D eigenvalue weighted by Gasteiger charge is 2.10. The molecule has 168 valence electrons. The maximum Gasteiger partial charge on any atom is 0.236 e. The summed E-state index contributed by atoms with van der Waals surface area (Å²) in [5.41, 5.74) is 7.87. The third kappa shape index (κ3) is 6.32. The van der Waals surface area contributed by atoms with Gasteiger partial charge in [-0.2, -0.15) is 13.5 Å². The number of carbonyl (C=O) groups is 1. The molecule has 0 radical (unpaired) electrons. The summed E-state index contributed by atoms with van der Waals surface area (Å²) in [6.07, 6.45) is 2.31. The molecule has 0 saturated heterocycles. The molecule has 1 amide bonds. The average Bonchev–Trinajstić information content (AvgIpc) is 3.17. The van der Waals surface area contributed by atoms with Crippen molar-refractivity contribution in [1.82, 2.24) is 10.3 Å². The molecule has 0 aliphatic rings. The van der Waals surface area contributed by atoms with E-state index in [2.05, 4.69) is 16.4 Å². The van der Waals surface area contributed by atoms with E-state index >= 15 is 0 Å². The van der Waals surface area contributed by atoms with Crippen LogP contribution in [0.3, 0.4) is 0 Å². The zero-order valence-corrected chi connectivity index (χ0v) is 19.2. The quantitative estimate of drug-likeness (QED) is 0.412. The van der Waals surface area contributed by atoms with Crippen molar-refractivity contribution < 1.29 is 19.0 Å². The number of methoxy groups -OCH3 is 2. The number of aromatic nitrogens is 1. The van der Waals surface area contributed by atoms with Crippen molar-refractivity contribution in [3.05, 3.63) is 48.2 Å². The summed E-state index contributed by atoms with van der Waals surface area (Å²) in [4.78, 5) is 15.1. The molecule has 8 heteroatoms. The Morgan fingerprint density at radius 1 is 1.06 bits per heavy atom. The number of carbonyl (C=O) groups excluding carboxylic acids is 1. The van der Waals surface area contributed by atoms with Crippen LogP contribution in [0.25, 0.3) is 10.9 Å². The van der Waals surface area contributed by atoms with Gasteiger partial charge in [0, 0.05) is 29.2 Å². The Balaban J connectivity index is 0.00000341. The highest BCUT2D eigenvalue weighted by atomic mass is 32.1. The molecule has 3 aromatic rings. The van der Waals surface area contributed by atoms with Crippen LogP contribution in [0.4, 0.5) is 0 Å². The minimum absolute atomic E-state index is 0. The Bertz CT molecular complexity index is 1010. The highest BCUT2D eigenvalue weighted by molar-refractivity contribution is 7.59. The fourth-order valence-electron chi connectivity index (χ4n) is 3.19. The summed E-state index contributed by atoms with van der Waals surface area (Å²) >= 11 is 0. The van der Waals surface area contributed by atoms with E-state index in [1.807, 2.05) is 37.3 Å². The molecule has 4 N–H and O–H groups in total. The number of nitrogens with two attached hydrogens (primary N) is 1. The Kier molecular flexibility index (Phi) is 9.08. The van der Waals surface area contributed by atoms with Crippen LogP contribution in [0, 0.1) is 0 Å². The lowest BCUT2D eigenvalue weighted by Crippen LogP contribution is -2.40. The molecule has 0 saturated carbocycles. The van der Waals surface area contributed by atoms with Crippen LogP contribution in [-0.2, 0) is 11.2 Å². The van der Waals surface area contributed by atoms with Gasteiger partial charge in [-0.1, -0.05) is 6.92 Å². The number of H-pyrrole nitrogens is 1. The SMILES string of the molecule is CC[C@H](N)C(=O)NCCCc1cc2cc(Oc3ccc(OC)c(OC)c3)ccc2[nH]1.S. The molecule has 7 nitrogen and oxygen atoms in total.